The van der Waals surface area contributed by atoms with E-state index in [1.54, 1.807) is 6.20 Å². The second-order valence-electron chi connectivity index (χ2n) is 1.03. The molecule has 0 N–H and O–H groups in total. The molecule has 0 aliphatic rings. The van der Waals surface area contributed by atoms with Crippen LogP contribution in [0.1, 0.15) is 0 Å². The molecule has 1 aromatic rings. The van der Waals surface area contributed by atoms with Gasteiger partial charge < -0.3 is 4.55 Å². The van der Waals surface area contributed by atoms with Crippen molar-refractivity contribution in [3.8, 4) is 0 Å². The molecule has 0 aliphatic heterocycles. The summed E-state index contributed by atoms with van der Waals surface area (Å²) in [7, 11) is 0. The van der Waals surface area contributed by atoms with Crippen LogP contribution in [-0.4, -0.2) is 19.9 Å². The maximum Gasteiger partial charge on any atom is 0.0670 e. The number of rotatable bonds is 1. The number of hydrogen-bond acceptors (Lipinski definition) is 4. The number of aromatic nitrogens is 1. The minimum atomic E-state index is -2.31. The molecule has 0 saturated carbocycles. The molecule has 1 aromatic heterocycles. The average molecular weight is 177 g/mol. The third kappa shape index (κ3) is 7.41. The normalized spacial score (nSPS) is 10.9. The van der Waals surface area contributed by atoms with Gasteiger partial charge in [-0.05, 0) is 17.6 Å². The largest absolute Gasteiger partial charge is 0.754 e. The molecular formula is C4H5N2O2S2-. The zero-order valence-corrected chi connectivity index (χ0v) is 6.60. The Morgan fingerprint density at radius 1 is 1.80 bits per heavy atom. The van der Waals surface area contributed by atoms with Crippen molar-refractivity contribution in [3.05, 3.63) is 17.6 Å². The van der Waals surface area contributed by atoms with Crippen LogP contribution in [0.4, 0.5) is 0 Å². The van der Waals surface area contributed by atoms with Crippen LogP contribution in [0.3, 0.4) is 0 Å². The molecule has 1 atom stereocenters. The summed E-state index contributed by atoms with van der Waals surface area (Å²) in [4.78, 5) is 0. The van der Waals surface area contributed by atoms with Crippen LogP contribution in [0, 0.1) is 0 Å². The summed E-state index contributed by atoms with van der Waals surface area (Å²) in [6.07, 6.45) is 1.77. The Morgan fingerprint density at radius 2 is 2.40 bits per heavy atom. The van der Waals surface area contributed by atoms with E-state index in [4.69, 9.17) is 8.76 Å². The van der Waals surface area contributed by atoms with Gasteiger partial charge in [0, 0.05) is 18.3 Å². The molecule has 4 nitrogen and oxygen atoms in total. The third-order valence-corrected chi connectivity index (χ3v) is 1.19. The van der Waals surface area contributed by atoms with E-state index in [0.717, 1.165) is 0 Å². The van der Waals surface area contributed by atoms with Gasteiger partial charge in [0.15, 0.2) is 0 Å². The number of hydrogen-bond donors (Lipinski definition) is 0. The first-order valence-electron chi connectivity index (χ1n) is 2.18. The SMILES string of the molecule is C=NS(=O)[O-].c1cnsc1. The molecule has 6 heteroatoms. The molecule has 56 valence electrons. The van der Waals surface area contributed by atoms with Gasteiger partial charge in [0.1, 0.15) is 0 Å². The van der Waals surface area contributed by atoms with Crippen LogP contribution < -0.4 is 0 Å². The molecule has 10 heavy (non-hydrogen) atoms. The molecule has 1 rings (SSSR count). The molecule has 0 spiro atoms. The van der Waals surface area contributed by atoms with E-state index in [9.17, 15) is 0 Å². The highest BCUT2D eigenvalue weighted by Crippen LogP contribution is 1.83. The highest BCUT2D eigenvalue weighted by atomic mass is 32.2. The predicted octanol–water partition coefficient (Wildman–Crippen LogP) is 0.624. The van der Waals surface area contributed by atoms with Crippen molar-refractivity contribution in [2.24, 2.45) is 4.40 Å². The lowest BCUT2D eigenvalue weighted by Gasteiger charge is -1.86. The van der Waals surface area contributed by atoms with E-state index >= 15 is 0 Å². The van der Waals surface area contributed by atoms with Crippen LogP contribution in [0.15, 0.2) is 22.0 Å². The van der Waals surface area contributed by atoms with E-state index in [1.807, 2.05) is 11.4 Å². The minimum Gasteiger partial charge on any atom is -0.754 e. The van der Waals surface area contributed by atoms with Crippen LogP contribution in [0.25, 0.3) is 0 Å². The standard InChI is InChI=1S/C3H3NS.CH3NO2S/c1-2-4-5-3-1;1-2-5(3)4/h1-3H;1H2,(H,3,4)/p-1. The monoisotopic (exact) mass is 177 g/mol. The van der Waals surface area contributed by atoms with E-state index in [2.05, 4.69) is 15.5 Å². The predicted molar refractivity (Wildman–Crippen MR) is 40.6 cm³/mol. The fourth-order valence-electron chi connectivity index (χ4n) is 0.176. The zero-order chi connectivity index (χ0) is 7.82. The Hall–Kier alpha value is -0.590. The smallest absolute Gasteiger partial charge is 0.0670 e. The third-order valence-electron chi connectivity index (χ3n) is 0.453. The highest BCUT2D eigenvalue weighted by Gasteiger charge is 1.59. The number of nitrogens with zero attached hydrogens (tertiary/aromatic N) is 2. The van der Waals surface area contributed by atoms with Crippen molar-refractivity contribution in [2.75, 3.05) is 0 Å². The molecule has 0 aromatic carbocycles. The minimum absolute atomic E-state index is 1.46. The average Bonchev–Trinajstić information content (AvgIpc) is 2.43. The first-order chi connectivity index (χ1) is 4.77. The van der Waals surface area contributed by atoms with Crippen molar-refractivity contribution in [1.82, 2.24) is 4.37 Å². The summed E-state index contributed by atoms with van der Waals surface area (Å²) >= 11 is -0.846. The van der Waals surface area contributed by atoms with Crippen molar-refractivity contribution >= 4 is 29.5 Å². The van der Waals surface area contributed by atoms with Gasteiger partial charge in [-0.1, -0.05) is 0 Å². The van der Waals surface area contributed by atoms with Gasteiger partial charge in [-0.25, -0.2) is 8.77 Å². The van der Waals surface area contributed by atoms with Crippen LogP contribution >= 0.6 is 11.5 Å². The lowest BCUT2D eigenvalue weighted by molar-refractivity contribution is 0.539. The Labute approximate surface area is 65.2 Å². The second kappa shape index (κ2) is 6.53. The summed E-state index contributed by atoms with van der Waals surface area (Å²) in [6.45, 7) is 2.70. The first kappa shape index (κ1) is 9.41. The molecule has 1 heterocycles. The van der Waals surface area contributed by atoms with E-state index in [1.165, 1.54) is 11.5 Å². The molecule has 0 saturated heterocycles. The fourth-order valence-corrected chi connectivity index (χ4v) is 0.527. The van der Waals surface area contributed by atoms with Gasteiger partial charge in [0.2, 0.25) is 0 Å². The van der Waals surface area contributed by atoms with E-state index in [-0.39, 0.29) is 0 Å². The van der Waals surface area contributed by atoms with Crippen LogP contribution in [0.2, 0.25) is 0 Å². The van der Waals surface area contributed by atoms with Gasteiger partial charge >= 0.3 is 0 Å². The summed E-state index contributed by atoms with van der Waals surface area (Å²) in [5, 5.41) is 1.93. The summed E-state index contributed by atoms with van der Waals surface area (Å²) in [5.74, 6) is 0. The quantitative estimate of drug-likeness (QED) is 0.466. The van der Waals surface area contributed by atoms with E-state index in [0.29, 0.717) is 0 Å². The Bertz CT molecular complexity index is 170. The van der Waals surface area contributed by atoms with Gasteiger partial charge in [-0.2, -0.15) is 0 Å². The van der Waals surface area contributed by atoms with Gasteiger partial charge in [0.05, 0.1) is 11.3 Å². The highest BCUT2D eigenvalue weighted by molar-refractivity contribution is 7.77. The molecule has 0 aliphatic carbocycles. The van der Waals surface area contributed by atoms with Crippen LogP contribution in [0.5, 0.6) is 0 Å². The van der Waals surface area contributed by atoms with Crippen LogP contribution in [-0.2, 0) is 11.3 Å². The molecule has 0 amide bonds. The maximum atomic E-state index is 9.14. The van der Waals surface area contributed by atoms with Gasteiger partial charge in [-0.3, -0.25) is 4.21 Å². The topological polar surface area (TPSA) is 65.4 Å². The fraction of sp³-hybridized carbons (Fsp3) is 0. The second-order valence-corrected chi connectivity index (χ2v) is 2.42. The first-order valence-corrected chi connectivity index (χ1v) is 4.04. The van der Waals surface area contributed by atoms with Crippen molar-refractivity contribution in [2.45, 2.75) is 0 Å². The molecule has 0 bridgehead atoms. The molecule has 1 unspecified atom stereocenters. The molecular weight excluding hydrogens is 172 g/mol. The maximum absolute atomic E-state index is 9.14. The van der Waals surface area contributed by atoms with E-state index < -0.39 is 11.3 Å². The summed E-state index contributed by atoms with van der Waals surface area (Å²) < 4.78 is 24.6. The molecule has 0 fully saturated rings. The zero-order valence-electron chi connectivity index (χ0n) is 4.97. The summed E-state index contributed by atoms with van der Waals surface area (Å²) in [5.41, 5.74) is 0. The lowest BCUT2D eigenvalue weighted by atomic mass is 10.8. The summed E-state index contributed by atoms with van der Waals surface area (Å²) in [6, 6.07) is 1.91. The molecule has 0 radical (unpaired) electrons. The lowest BCUT2D eigenvalue weighted by Crippen LogP contribution is -1.72. The van der Waals surface area contributed by atoms with Gasteiger partial charge in [-0.15, -0.1) is 0 Å². The van der Waals surface area contributed by atoms with Crippen molar-refractivity contribution < 1.29 is 8.76 Å². The Balaban J connectivity index is 0.000000162. The van der Waals surface area contributed by atoms with Gasteiger partial charge in [0.25, 0.3) is 0 Å². The van der Waals surface area contributed by atoms with Crippen molar-refractivity contribution in [1.29, 1.82) is 0 Å². The Morgan fingerprint density at radius 3 is 2.50 bits per heavy atom. The Kier molecular flexibility index (Phi) is 6.14. The van der Waals surface area contributed by atoms with Crippen molar-refractivity contribution in [3.63, 3.8) is 0 Å².